The molecule has 1 aromatic heterocycles. The number of phenolic OH excluding ortho intramolecular Hbond substituents is 2. The summed E-state index contributed by atoms with van der Waals surface area (Å²) in [4.78, 5) is 81.1. The number of ether oxygens (including phenoxy) is 1. The van der Waals surface area contributed by atoms with E-state index in [0.29, 0.717) is 71.1 Å². The number of piperidine rings is 1. The molecule has 0 bridgehead atoms. The van der Waals surface area contributed by atoms with Gasteiger partial charge in [0.15, 0.2) is 5.82 Å². The molecule has 3 aliphatic rings. The molecule has 8 rings (SSSR count). The molecule has 4 aromatic carbocycles. The van der Waals surface area contributed by atoms with E-state index in [-0.39, 0.29) is 71.7 Å². The molecular formula is C45H44N8O9. The Balaban J connectivity index is 0.948. The first-order chi connectivity index (χ1) is 29.8. The molecule has 3 aliphatic heterocycles. The Bertz CT molecular complexity index is 2620. The number of rotatable bonds is 11. The predicted octanol–water partition coefficient (Wildman–Crippen LogP) is 5.02. The van der Waals surface area contributed by atoms with Crippen LogP contribution in [0, 0.1) is 0 Å². The maximum absolute atomic E-state index is 13.8. The fourth-order valence-corrected chi connectivity index (χ4v) is 8.16. The molecular weight excluding hydrogens is 797 g/mol. The highest BCUT2D eigenvalue weighted by Crippen LogP contribution is 2.39. The van der Waals surface area contributed by atoms with Crippen LogP contribution in [0.15, 0.2) is 78.9 Å². The Morgan fingerprint density at radius 3 is 2.32 bits per heavy atom. The average molecular weight is 841 g/mol. The summed E-state index contributed by atoms with van der Waals surface area (Å²) in [5.41, 5.74) is 3.08. The van der Waals surface area contributed by atoms with Crippen molar-refractivity contribution in [2.24, 2.45) is 0 Å². The third-order valence-corrected chi connectivity index (χ3v) is 11.3. The molecule has 0 aliphatic carbocycles. The molecule has 6 amide bonds. The van der Waals surface area contributed by atoms with Crippen molar-refractivity contribution < 1.29 is 43.7 Å². The van der Waals surface area contributed by atoms with Crippen molar-refractivity contribution in [2.75, 3.05) is 18.4 Å². The molecule has 17 nitrogen and oxygen atoms in total. The number of phenols is 2. The van der Waals surface area contributed by atoms with E-state index in [2.05, 4.69) is 26.1 Å². The Morgan fingerprint density at radius 2 is 1.63 bits per heavy atom. The van der Waals surface area contributed by atoms with Gasteiger partial charge in [-0.2, -0.15) is 0 Å². The van der Waals surface area contributed by atoms with Crippen molar-refractivity contribution in [2.45, 2.75) is 71.0 Å². The number of anilines is 1. The summed E-state index contributed by atoms with van der Waals surface area (Å²) < 4.78 is 7.62. The molecule has 5 N–H and O–H groups in total. The van der Waals surface area contributed by atoms with Gasteiger partial charge in [-0.3, -0.25) is 38.7 Å². The normalized spacial score (nSPS) is 17.3. The van der Waals surface area contributed by atoms with Gasteiger partial charge in [0.1, 0.15) is 35.1 Å². The van der Waals surface area contributed by atoms with E-state index in [4.69, 9.17) is 4.74 Å². The molecule has 5 aromatic rings. The molecule has 1 unspecified atom stereocenters. The van der Waals surface area contributed by atoms with Gasteiger partial charge < -0.3 is 35.4 Å². The zero-order valence-electron chi connectivity index (χ0n) is 34.2. The van der Waals surface area contributed by atoms with Crippen molar-refractivity contribution in [3.63, 3.8) is 0 Å². The molecule has 4 heterocycles. The summed E-state index contributed by atoms with van der Waals surface area (Å²) in [5.74, 6) is -1.74. The molecule has 17 heteroatoms. The second-order valence-corrected chi connectivity index (χ2v) is 15.6. The molecule has 2 atom stereocenters. The van der Waals surface area contributed by atoms with Crippen molar-refractivity contribution >= 4 is 41.1 Å². The van der Waals surface area contributed by atoms with Crippen LogP contribution in [0.2, 0.25) is 0 Å². The topological polar surface area (TPSA) is 225 Å². The zero-order valence-corrected chi connectivity index (χ0v) is 34.2. The van der Waals surface area contributed by atoms with Crippen molar-refractivity contribution in [1.82, 2.24) is 35.2 Å². The molecule has 0 radical (unpaired) electrons. The van der Waals surface area contributed by atoms with Crippen molar-refractivity contribution in [3.8, 4) is 40.1 Å². The highest BCUT2D eigenvalue weighted by molar-refractivity contribution is 6.07. The highest BCUT2D eigenvalue weighted by atomic mass is 16.5. The number of likely N-dealkylation sites (tertiary alicyclic amines) is 1. The van der Waals surface area contributed by atoms with E-state index in [1.807, 2.05) is 13.8 Å². The van der Waals surface area contributed by atoms with Gasteiger partial charge in [0.05, 0.1) is 5.56 Å². The minimum atomic E-state index is -0.793. The number of hydrogen-bond donors (Lipinski definition) is 5. The van der Waals surface area contributed by atoms with Crippen LogP contribution in [-0.2, 0) is 20.9 Å². The number of nitrogens with zero attached hydrogens (tertiary/aromatic N) is 5. The van der Waals surface area contributed by atoms with E-state index >= 15 is 0 Å². The number of aromatic nitrogens is 3. The van der Waals surface area contributed by atoms with Crippen LogP contribution >= 0.6 is 0 Å². The lowest BCUT2D eigenvalue weighted by Crippen LogP contribution is -2.52. The van der Waals surface area contributed by atoms with Gasteiger partial charge in [0.2, 0.25) is 23.5 Å². The smallest absolute Gasteiger partial charge is 0.289 e. The number of hydrogen-bond acceptors (Lipinski definition) is 11. The average Bonchev–Trinajstić information content (AvgIpc) is 4.00. The minimum absolute atomic E-state index is 0.00879. The number of amides is 6. The first kappa shape index (κ1) is 41.2. The number of carbonyl (C=O) groups excluding carboxylic acids is 6. The third-order valence-electron chi connectivity index (χ3n) is 11.3. The number of aromatic hydroxyl groups is 2. The van der Waals surface area contributed by atoms with Crippen molar-refractivity contribution in [1.29, 1.82) is 0 Å². The van der Waals surface area contributed by atoms with Crippen molar-refractivity contribution in [3.05, 3.63) is 107 Å². The van der Waals surface area contributed by atoms with Crippen LogP contribution < -0.4 is 20.7 Å². The number of imide groups is 1. The van der Waals surface area contributed by atoms with Crippen LogP contribution in [0.1, 0.15) is 94.8 Å². The Kier molecular flexibility index (Phi) is 11.2. The largest absolute Gasteiger partial charge is 0.508 e. The van der Waals surface area contributed by atoms with Crippen LogP contribution in [-0.4, -0.2) is 95.4 Å². The summed E-state index contributed by atoms with van der Waals surface area (Å²) in [7, 11) is 0. The van der Waals surface area contributed by atoms with Crippen LogP contribution in [0.5, 0.6) is 23.0 Å². The molecule has 0 spiro atoms. The van der Waals surface area contributed by atoms with E-state index in [1.54, 1.807) is 79.7 Å². The lowest BCUT2D eigenvalue weighted by atomic mass is 9.98. The van der Waals surface area contributed by atoms with Crippen LogP contribution in [0.25, 0.3) is 17.1 Å². The summed E-state index contributed by atoms with van der Waals surface area (Å²) in [6.45, 7) is 6.41. The first-order valence-corrected chi connectivity index (χ1v) is 20.4. The second-order valence-electron chi connectivity index (χ2n) is 15.6. The van der Waals surface area contributed by atoms with Gasteiger partial charge in [0, 0.05) is 60.2 Å². The lowest BCUT2D eigenvalue weighted by molar-refractivity contribution is -0.137. The van der Waals surface area contributed by atoms with E-state index < -0.39 is 29.8 Å². The molecule has 2 fully saturated rings. The monoisotopic (exact) mass is 840 g/mol. The SMILES string of the molecule is CCNC(=O)c1nnc(-c2cc(C(C)C)c(O)cc2O)n1-c1ccc(Oc2ccc(C(=O)N3CCC[C@H]3C(=O)Nc3cccc4c3CN(C3CCC(=O)NC3=O)C4=O)cc2)cc1. The van der Waals surface area contributed by atoms with E-state index in [0.717, 1.165) is 0 Å². The summed E-state index contributed by atoms with van der Waals surface area (Å²) >= 11 is 0. The van der Waals surface area contributed by atoms with Gasteiger partial charge in [0.25, 0.3) is 17.7 Å². The summed E-state index contributed by atoms with van der Waals surface area (Å²) in [5, 5.41) is 37.7. The molecule has 318 valence electrons. The third kappa shape index (κ3) is 7.79. The van der Waals surface area contributed by atoms with Gasteiger partial charge in [-0.15, -0.1) is 10.2 Å². The van der Waals surface area contributed by atoms with Crippen LogP contribution in [0.4, 0.5) is 5.69 Å². The fraction of sp³-hybridized carbons (Fsp3) is 0.289. The Labute approximate surface area is 355 Å². The maximum atomic E-state index is 13.8. The minimum Gasteiger partial charge on any atom is -0.508 e. The van der Waals surface area contributed by atoms with Gasteiger partial charge in [-0.25, -0.2) is 0 Å². The molecule has 2 saturated heterocycles. The summed E-state index contributed by atoms with van der Waals surface area (Å²) in [6.07, 6.45) is 1.41. The number of benzene rings is 4. The fourth-order valence-electron chi connectivity index (χ4n) is 8.16. The van der Waals surface area contributed by atoms with E-state index in [1.165, 1.54) is 20.4 Å². The van der Waals surface area contributed by atoms with Crippen LogP contribution in [0.3, 0.4) is 0 Å². The Morgan fingerprint density at radius 1 is 0.903 bits per heavy atom. The maximum Gasteiger partial charge on any atom is 0.289 e. The predicted molar refractivity (Wildman–Crippen MR) is 224 cm³/mol. The number of carbonyl (C=O) groups is 6. The lowest BCUT2D eigenvalue weighted by Gasteiger charge is -2.29. The molecule has 0 saturated carbocycles. The zero-order chi connectivity index (χ0) is 43.8. The molecule has 62 heavy (non-hydrogen) atoms. The number of nitrogens with one attached hydrogen (secondary N) is 3. The highest BCUT2D eigenvalue weighted by Gasteiger charge is 2.41. The van der Waals surface area contributed by atoms with Gasteiger partial charge in [-0.1, -0.05) is 19.9 Å². The quantitative estimate of drug-likeness (QED) is 0.111. The Hall–Kier alpha value is -7.56. The standard InChI is InChI=1S/C45H44N8O9/c1-4-46-43(59)40-50-49-39(31-21-30(24(2)3)36(54)22-37(31)55)53(40)26-12-16-28(17-13-26)62-27-14-10-25(11-15-27)44(60)51-20-6-9-34(51)41(57)47-33-8-5-7-29-32(33)23-52(45(29)61)35-18-19-38(56)48-42(35)58/h5,7-8,10-17,21-22,24,34-35,54-55H,4,6,9,18-20,23H2,1-3H3,(H,46,59)(H,47,57)(H,48,56,58)/t34-,35?/m0/s1. The first-order valence-electron chi connectivity index (χ1n) is 20.4. The van der Waals surface area contributed by atoms with Gasteiger partial charge >= 0.3 is 0 Å². The van der Waals surface area contributed by atoms with Gasteiger partial charge in [-0.05, 0) is 104 Å². The second kappa shape index (κ2) is 16.8. The van der Waals surface area contributed by atoms with E-state index in [9.17, 15) is 39.0 Å². The number of fused-ring (bicyclic) bond motifs is 1. The summed E-state index contributed by atoms with van der Waals surface area (Å²) in [6, 6.07) is 19.6.